The van der Waals surface area contributed by atoms with Gasteiger partial charge in [-0.3, -0.25) is 19.2 Å². The lowest BCUT2D eigenvalue weighted by Crippen LogP contribution is -2.23. The quantitative estimate of drug-likeness (QED) is 0.195. The highest BCUT2D eigenvalue weighted by molar-refractivity contribution is 8.77. The molecular formula is C18H30O4S5. The van der Waals surface area contributed by atoms with Gasteiger partial charge >= 0.3 is 0 Å². The first-order chi connectivity index (χ1) is 12.6. The van der Waals surface area contributed by atoms with Crippen molar-refractivity contribution in [2.75, 3.05) is 23.0 Å². The Morgan fingerprint density at radius 2 is 1.15 bits per heavy atom. The van der Waals surface area contributed by atoms with Crippen LogP contribution in [0.3, 0.4) is 0 Å². The first kappa shape index (κ1) is 27.4. The zero-order chi connectivity index (χ0) is 21.0. The highest BCUT2D eigenvalue weighted by atomic mass is 33.1. The van der Waals surface area contributed by atoms with Crippen LogP contribution in [-0.4, -0.2) is 45.5 Å². The number of carbonyl (C=O) groups excluding carboxylic acids is 4. The molecular weight excluding hydrogens is 441 g/mol. The lowest BCUT2D eigenvalue weighted by molar-refractivity contribution is -0.127. The molecule has 0 saturated carbocycles. The van der Waals surface area contributed by atoms with Gasteiger partial charge in [0.05, 0.1) is 0 Å². The van der Waals surface area contributed by atoms with Crippen LogP contribution < -0.4 is 0 Å². The predicted octanol–water partition coefficient (Wildman–Crippen LogP) is 4.87. The summed E-state index contributed by atoms with van der Waals surface area (Å²) < 4.78 is 0. The van der Waals surface area contributed by atoms with E-state index in [-0.39, 0.29) is 52.6 Å². The summed E-state index contributed by atoms with van der Waals surface area (Å²) in [7, 11) is 6.30. The van der Waals surface area contributed by atoms with Crippen molar-refractivity contribution in [2.24, 2.45) is 23.7 Å². The Morgan fingerprint density at radius 1 is 0.704 bits per heavy atom. The Bertz CT molecular complexity index is 512. The molecule has 0 aromatic carbocycles. The maximum atomic E-state index is 12.4. The third-order valence-electron chi connectivity index (χ3n) is 4.08. The van der Waals surface area contributed by atoms with Gasteiger partial charge in [0, 0.05) is 53.1 Å². The highest BCUT2D eigenvalue weighted by Gasteiger charge is 2.23. The third kappa shape index (κ3) is 13.3. The van der Waals surface area contributed by atoms with Gasteiger partial charge in [-0.05, 0) is 13.8 Å². The normalized spacial score (nSPS) is 15.6. The van der Waals surface area contributed by atoms with Gasteiger partial charge in [-0.15, -0.1) is 12.6 Å². The summed E-state index contributed by atoms with van der Waals surface area (Å²) >= 11 is 3.81. The molecule has 9 heteroatoms. The van der Waals surface area contributed by atoms with E-state index in [0.717, 1.165) is 5.75 Å². The molecule has 0 aliphatic carbocycles. The standard InChI is InChI=1S/C18H30O4S5/c1-11(14(4)19)7-24-27-10-16(15(5)20)6-17(21)12(2)8-25-26-9-13(3)18(22)23/h11-13,16H,6-10H2,1-5H3,(H,22,23)/t11-,12-,13-,16-/m0/s1. The largest absolute Gasteiger partial charge is 0.300 e. The number of hydrogen-bond donors (Lipinski definition) is 1. The first-order valence-electron chi connectivity index (χ1n) is 8.81. The average Bonchev–Trinajstić information content (AvgIpc) is 2.59. The van der Waals surface area contributed by atoms with Crippen LogP contribution in [0.2, 0.25) is 0 Å². The smallest absolute Gasteiger partial charge is 0.189 e. The molecule has 0 saturated heterocycles. The van der Waals surface area contributed by atoms with Crippen LogP contribution >= 0.6 is 55.8 Å². The molecule has 4 atom stereocenters. The number of Topliss-reactive ketones (excluding diaryl/α,β-unsaturated/α-hetero) is 3. The zero-order valence-electron chi connectivity index (χ0n) is 16.6. The fourth-order valence-corrected chi connectivity index (χ4v) is 7.41. The van der Waals surface area contributed by atoms with E-state index in [2.05, 4.69) is 12.6 Å². The van der Waals surface area contributed by atoms with Gasteiger partial charge in [0.2, 0.25) is 0 Å². The number of thiol groups is 1. The molecule has 0 aromatic rings. The molecule has 0 bridgehead atoms. The molecule has 0 spiro atoms. The summed E-state index contributed by atoms with van der Waals surface area (Å²) in [6.07, 6.45) is 0.267. The monoisotopic (exact) mass is 470 g/mol. The Morgan fingerprint density at radius 3 is 1.59 bits per heavy atom. The second kappa shape index (κ2) is 15.3. The van der Waals surface area contributed by atoms with Gasteiger partial charge in [0.25, 0.3) is 0 Å². The van der Waals surface area contributed by atoms with Crippen LogP contribution in [0.1, 0.15) is 41.0 Å². The van der Waals surface area contributed by atoms with E-state index in [1.165, 1.54) is 6.92 Å². The highest BCUT2D eigenvalue weighted by Crippen LogP contribution is 2.30. The molecule has 0 radical (unpaired) electrons. The molecule has 27 heavy (non-hydrogen) atoms. The zero-order valence-corrected chi connectivity index (χ0v) is 20.7. The first-order valence-corrected chi connectivity index (χ1v) is 14.2. The lowest BCUT2D eigenvalue weighted by Gasteiger charge is -2.16. The van der Waals surface area contributed by atoms with E-state index in [0.29, 0.717) is 17.3 Å². The van der Waals surface area contributed by atoms with E-state index in [1.54, 1.807) is 50.1 Å². The maximum Gasteiger partial charge on any atom is 0.189 e. The molecule has 0 aliphatic heterocycles. The SMILES string of the molecule is CC(=O)[C@H](CSSC[C@H](C)C(C)=O)CC(=O)[C@@H](C)CSSC[C@H](C)C(=O)S. The van der Waals surface area contributed by atoms with Gasteiger partial charge in [0.15, 0.2) is 5.12 Å². The summed E-state index contributed by atoms with van der Waals surface area (Å²) in [6, 6.07) is 0. The number of ketones is 3. The van der Waals surface area contributed by atoms with E-state index in [4.69, 9.17) is 0 Å². The Kier molecular flexibility index (Phi) is 15.5. The molecule has 156 valence electrons. The van der Waals surface area contributed by atoms with Gasteiger partial charge in [-0.1, -0.05) is 63.9 Å². The molecule has 0 heterocycles. The summed E-state index contributed by atoms with van der Waals surface area (Å²) in [5.74, 6) is 2.47. The molecule has 0 N–H and O–H groups in total. The van der Waals surface area contributed by atoms with Crippen molar-refractivity contribution in [3.05, 3.63) is 0 Å². The Labute approximate surface area is 184 Å². The van der Waals surface area contributed by atoms with E-state index >= 15 is 0 Å². The van der Waals surface area contributed by atoms with Crippen molar-refractivity contribution < 1.29 is 19.2 Å². The second-order valence-corrected chi connectivity index (χ2v) is 12.3. The van der Waals surface area contributed by atoms with Crippen LogP contribution in [-0.2, 0) is 19.2 Å². The predicted molar refractivity (Wildman–Crippen MR) is 126 cm³/mol. The van der Waals surface area contributed by atoms with Gasteiger partial charge in [-0.2, -0.15) is 0 Å². The van der Waals surface area contributed by atoms with Crippen molar-refractivity contribution in [1.29, 1.82) is 0 Å². The van der Waals surface area contributed by atoms with E-state index in [1.807, 2.05) is 20.8 Å². The van der Waals surface area contributed by atoms with Gasteiger partial charge < -0.3 is 0 Å². The molecule has 0 rings (SSSR count). The number of hydrogen-bond acceptors (Lipinski definition) is 8. The molecule has 0 fully saturated rings. The minimum absolute atomic E-state index is 0.00928. The Hall–Kier alpha value is 0.430. The molecule has 4 nitrogen and oxygen atoms in total. The topological polar surface area (TPSA) is 68.3 Å². The molecule has 0 unspecified atom stereocenters. The van der Waals surface area contributed by atoms with Crippen LogP contribution in [0.5, 0.6) is 0 Å². The van der Waals surface area contributed by atoms with Crippen LogP contribution in [0.25, 0.3) is 0 Å². The molecule has 0 amide bonds. The van der Waals surface area contributed by atoms with E-state index in [9.17, 15) is 19.2 Å². The maximum absolute atomic E-state index is 12.4. The van der Waals surface area contributed by atoms with Gasteiger partial charge in [0.1, 0.15) is 17.3 Å². The molecule has 0 aliphatic rings. The fraction of sp³-hybridized carbons (Fsp3) is 0.778. The summed E-state index contributed by atoms with van der Waals surface area (Å²) in [6.45, 7) is 8.73. The van der Waals surface area contributed by atoms with Crippen molar-refractivity contribution in [3.63, 3.8) is 0 Å². The summed E-state index contributed by atoms with van der Waals surface area (Å²) in [5.41, 5.74) is 0. The van der Waals surface area contributed by atoms with Crippen molar-refractivity contribution in [3.8, 4) is 0 Å². The minimum atomic E-state index is -0.274. The van der Waals surface area contributed by atoms with Crippen LogP contribution in [0.15, 0.2) is 0 Å². The van der Waals surface area contributed by atoms with E-state index < -0.39 is 0 Å². The van der Waals surface area contributed by atoms with Crippen LogP contribution in [0.4, 0.5) is 0 Å². The second-order valence-electron chi connectivity index (χ2n) is 6.77. The summed E-state index contributed by atoms with van der Waals surface area (Å²) in [5, 5.41) is -0.121. The number of carbonyl (C=O) groups is 4. The van der Waals surface area contributed by atoms with Crippen molar-refractivity contribution in [2.45, 2.75) is 41.0 Å². The van der Waals surface area contributed by atoms with Crippen molar-refractivity contribution >= 4 is 78.3 Å². The number of rotatable bonds is 16. The fourth-order valence-electron chi connectivity index (χ4n) is 1.63. The molecule has 0 aromatic heterocycles. The minimum Gasteiger partial charge on any atom is -0.300 e. The third-order valence-corrected chi connectivity index (χ3v) is 9.93. The lowest BCUT2D eigenvalue weighted by atomic mass is 9.95. The van der Waals surface area contributed by atoms with Gasteiger partial charge in [-0.25, -0.2) is 0 Å². The van der Waals surface area contributed by atoms with Crippen molar-refractivity contribution in [1.82, 2.24) is 0 Å². The Balaban J connectivity index is 4.20. The summed E-state index contributed by atoms with van der Waals surface area (Å²) in [4.78, 5) is 46.6. The average molecular weight is 471 g/mol. The van der Waals surface area contributed by atoms with Crippen LogP contribution in [0, 0.1) is 23.7 Å².